The Bertz CT molecular complexity index is 625. The maximum atomic E-state index is 5.93. The van der Waals surface area contributed by atoms with E-state index in [4.69, 9.17) is 10.8 Å². The SMILES string of the molecule is Nc1ccc2nn3c(c2c1)NCCC3C1CCCCC1. The number of aromatic nitrogens is 2. The number of fused-ring (bicyclic) bond motifs is 3. The molecule has 2 aliphatic rings. The summed E-state index contributed by atoms with van der Waals surface area (Å²) < 4.78 is 2.25. The zero-order valence-corrected chi connectivity index (χ0v) is 11.8. The Labute approximate surface area is 119 Å². The molecule has 0 radical (unpaired) electrons. The molecule has 4 heteroatoms. The zero-order valence-electron chi connectivity index (χ0n) is 11.8. The van der Waals surface area contributed by atoms with Crippen LogP contribution in [0.2, 0.25) is 0 Å². The highest BCUT2D eigenvalue weighted by atomic mass is 15.4. The maximum absolute atomic E-state index is 5.93. The van der Waals surface area contributed by atoms with Crippen molar-refractivity contribution < 1.29 is 0 Å². The first-order valence-electron chi connectivity index (χ1n) is 7.84. The molecular formula is C16H22N4. The third-order valence-corrected chi connectivity index (χ3v) is 4.96. The lowest BCUT2D eigenvalue weighted by molar-refractivity contribution is 0.223. The van der Waals surface area contributed by atoms with E-state index in [-0.39, 0.29) is 0 Å². The van der Waals surface area contributed by atoms with Crippen molar-refractivity contribution in [1.82, 2.24) is 9.78 Å². The fourth-order valence-electron chi connectivity index (χ4n) is 3.95. The second-order valence-electron chi connectivity index (χ2n) is 6.25. The largest absolute Gasteiger partial charge is 0.399 e. The molecule has 1 aromatic carbocycles. The third-order valence-electron chi connectivity index (χ3n) is 4.96. The number of hydrogen-bond acceptors (Lipinski definition) is 3. The van der Waals surface area contributed by atoms with Gasteiger partial charge in [-0.15, -0.1) is 0 Å². The van der Waals surface area contributed by atoms with Gasteiger partial charge in [-0.2, -0.15) is 5.10 Å². The number of rotatable bonds is 1. The molecule has 2 heterocycles. The van der Waals surface area contributed by atoms with Crippen molar-refractivity contribution in [3.8, 4) is 0 Å². The number of benzene rings is 1. The normalized spacial score (nSPS) is 23.5. The van der Waals surface area contributed by atoms with E-state index in [9.17, 15) is 0 Å². The molecule has 3 N–H and O–H groups in total. The number of nitrogen functional groups attached to an aromatic ring is 1. The topological polar surface area (TPSA) is 55.9 Å². The summed E-state index contributed by atoms with van der Waals surface area (Å²) in [4.78, 5) is 0. The van der Waals surface area contributed by atoms with E-state index in [1.54, 1.807) is 0 Å². The Hall–Kier alpha value is -1.71. The van der Waals surface area contributed by atoms with E-state index in [0.717, 1.165) is 23.7 Å². The fraction of sp³-hybridized carbons (Fsp3) is 0.562. The number of nitrogens with zero attached hydrogens (tertiary/aromatic N) is 2. The summed E-state index contributed by atoms with van der Waals surface area (Å²) in [5.41, 5.74) is 7.80. The van der Waals surface area contributed by atoms with Crippen LogP contribution in [0.25, 0.3) is 10.9 Å². The van der Waals surface area contributed by atoms with Gasteiger partial charge in [-0.25, -0.2) is 4.68 Å². The molecule has 1 fully saturated rings. The van der Waals surface area contributed by atoms with Crippen LogP contribution in [0.5, 0.6) is 0 Å². The van der Waals surface area contributed by atoms with Crippen LogP contribution in [-0.4, -0.2) is 16.3 Å². The molecular weight excluding hydrogens is 248 g/mol. The van der Waals surface area contributed by atoms with Gasteiger partial charge in [0, 0.05) is 17.6 Å². The second kappa shape index (κ2) is 4.69. The van der Waals surface area contributed by atoms with Gasteiger partial charge in [0.05, 0.1) is 11.6 Å². The van der Waals surface area contributed by atoms with Gasteiger partial charge in [0.25, 0.3) is 0 Å². The molecule has 20 heavy (non-hydrogen) atoms. The minimum absolute atomic E-state index is 0.570. The minimum atomic E-state index is 0.570. The molecule has 0 spiro atoms. The summed E-state index contributed by atoms with van der Waals surface area (Å²) in [7, 11) is 0. The van der Waals surface area contributed by atoms with Crippen LogP contribution in [0.1, 0.15) is 44.6 Å². The summed E-state index contributed by atoms with van der Waals surface area (Å²) in [5, 5.41) is 9.55. The minimum Gasteiger partial charge on any atom is -0.399 e. The average molecular weight is 270 g/mol. The lowest BCUT2D eigenvalue weighted by atomic mass is 9.82. The van der Waals surface area contributed by atoms with Gasteiger partial charge >= 0.3 is 0 Å². The van der Waals surface area contributed by atoms with Crippen molar-refractivity contribution in [2.45, 2.75) is 44.6 Å². The van der Waals surface area contributed by atoms with Gasteiger partial charge < -0.3 is 11.1 Å². The van der Waals surface area contributed by atoms with Crippen LogP contribution >= 0.6 is 0 Å². The van der Waals surface area contributed by atoms with Gasteiger partial charge in [-0.05, 0) is 43.4 Å². The molecule has 1 aliphatic carbocycles. The summed E-state index contributed by atoms with van der Waals surface area (Å²) in [6, 6.07) is 6.59. The first-order valence-corrected chi connectivity index (χ1v) is 7.84. The Kier molecular flexibility index (Phi) is 2.83. The molecule has 1 aromatic heterocycles. The van der Waals surface area contributed by atoms with Crippen molar-refractivity contribution >= 4 is 22.4 Å². The van der Waals surface area contributed by atoms with Crippen LogP contribution in [0.4, 0.5) is 11.5 Å². The highest BCUT2D eigenvalue weighted by Crippen LogP contribution is 2.40. The standard InChI is InChI=1S/C16H22N4/c17-12-6-7-14-13(10-12)16-18-9-8-15(20(16)19-14)11-4-2-1-3-5-11/h6-7,10-11,15,18H,1-5,8-9,17H2. The van der Waals surface area contributed by atoms with Crippen molar-refractivity contribution in [3.63, 3.8) is 0 Å². The quantitative estimate of drug-likeness (QED) is 0.779. The molecule has 1 atom stereocenters. The van der Waals surface area contributed by atoms with Gasteiger partial charge in [0.1, 0.15) is 5.82 Å². The van der Waals surface area contributed by atoms with Gasteiger partial charge in [0.15, 0.2) is 0 Å². The summed E-state index contributed by atoms with van der Waals surface area (Å²) >= 11 is 0. The zero-order chi connectivity index (χ0) is 13.5. The van der Waals surface area contributed by atoms with Crippen molar-refractivity contribution in [2.24, 2.45) is 5.92 Å². The Morgan fingerprint density at radius 2 is 2.00 bits per heavy atom. The van der Waals surface area contributed by atoms with Crippen LogP contribution < -0.4 is 11.1 Å². The molecule has 4 rings (SSSR count). The fourth-order valence-corrected chi connectivity index (χ4v) is 3.95. The van der Waals surface area contributed by atoms with Crippen LogP contribution in [0.15, 0.2) is 18.2 Å². The smallest absolute Gasteiger partial charge is 0.132 e. The lowest BCUT2D eigenvalue weighted by Gasteiger charge is -2.34. The predicted octanol–water partition coefficient (Wildman–Crippen LogP) is 3.56. The van der Waals surface area contributed by atoms with Crippen molar-refractivity contribution in [2.75, 3.05) is 17.6 Å². The number of hydrogen-bond donors (Lipinski definition) is 2. The average Bonchev–Trinajstić information content (AvgIpc) is 2.86. The Morgan fingerprint density at radius 3 is 2.85 bits per heavy atom. The van der Waals surface area contributed by atoms with E-state index < -0.39 is 0 Å². The molecule has 0 saturated heterocycles. The molecule has 4 nitrogen and oxygen atoms in total. The van der Waals surface area contributed by atoms with Gasteiger partial charge in [0.2, 0.25) is 0 Å². The third kappa shape index (κ3) is 1.86. The van der Waals surface area contributed by atoms with Gasteiger partial charge in [-0.1, -0.05) is 19.3 Å². The molecule has 0 amide bonds. The second-order valence-corrected chi connectivity index (χ2v) is 6.25. The first kappa shape index (κ1) is 12.1. The highest BCUT2D eigenvalue weighted by molar-refractivity contribution is 5.92. The molecule has 2 aromatic rings. The Morgan fingerprint density at radius 1 is 1.15 bits per heavy atom. The summed E-state index contributed by atoms with van der Waals surface area (Å²) in [6.07, 6.45) is 8.10. The van der Waals surface area contributed by atoms with E-state index in [0.29, 0.717) is 6.04 Å². The number of nitrogens with one attached hydrogen (secondary N) is 1. The van der Waals surface area contributed by atoms with E-state index >= 15 is 0 Å². The summed E-state index contributed by atoms with van der Waals surface area (Å²) in [5.74, 6) is 1.98. The van der Waals surface area contributed by atoms with Crippen molar-refractivity contribution in [3.05, 3.63) is 18.2 Å². The number of anilines is 2. The van der Waals surface area contributed by atoms with E-state index in [2.05, 4.69) is 10.00 Å². The van der Waals surface area contributed by atoms with Crippen LogP contribution in [-0.2, 0) is 0 Å². The molecule has 1 aliphatic heterocycles. The summed E-state index contributed by atoms with van der Waals surface area (Å²) in [6.45, 7) is 1.05. The number of nitrogens with two attached hydrogens (primary N) is 1. The maximum Gasteiger partial charge on any atom is 0.132 e. The monoisotopic (exact) mass is 270 g/mol. The molecule has 1 saturated carbocycles. The predicted molar refractivity (Wildman–Crippen MR) is 82.9 cm³/mol. The molecule has 0 bridgehead atoms. The first-order chi connectivity index (χ1) is 9.83. The lowest BCUT2D eigenvalue weighted by Crippen LogP contribution is -2.30. The van der Waals surface area contributed by atoms with Crippen molar-refractivity contribution in [1.29, 1.82) is 0 Å². The van der Waals surface area contributed by atoms with E-state index in [1.807, 2.05) is 18.2 Å². The molecule has 1 unspecified atom stereocenters. The Balaban J connectivity index is 1.78. The highest BCUT2D eigenvalue weighted by Gasteiger charge is 2.30. The van der Waals surface area contributed by atoms with Gasteiger partial charge in [-0.3, -0.25) is 0 Å². The molecule has 106 valence electrons. The van der Waals surface area contributed by atoms with Crippen LogP contribution in [0.3, 0.4) is 0 Å². The van der Waals surface area contributed by atoms with Crippen LogP contribution in [0, 0.1) is 5.92 Å². The van der Waals surface area contributed by atoms with E-state index in [1.165, 1.54) is 49.7 Å².